The van der Waals surface area contributed by atoms with Crippen LogP contribution in [0.2, 0.25) is 0 Å². The molecule has 0 spiro atoms. The van der Waals surface area contributed by atoms with E-state index in [1.807, 2.05) is 13.0 Å². The van der Waals surface area contributed by atoms with Crippen molar-refractivity contribution < 1.29 is 4.79 Å². The van der Waals surface area contributed by atoms with E-state index in [-0.39, 0.29) is 11.2 Å². The largest absolute Gasteiger partial charge is 0.306 e. The van der Waals surface area contributed by atoms with Crippen LogP contribution in [0.3, 0.4) is 0 Å². The summed E-state index contributed by atoms with van der Waals surface area (Å²) < 4.78 is 6.03. The van der Waals surface area contributed by atoms with E-state index >= 15 is 0 Å². The molecule has 1 aliphatic rings. The summed E-state index contributed by atoms with van der Waals surface area (Å²) in [5.74, 6) is 0.251. The van der Waals surface area contributed by atoms with Crippen molar-refractivity contribution in [3.63, 3.8) is 0 Å². The molecule has 0 unspecified atom stereocenters. The normalized spacial score (nSPS) is 17.8. The van der Waals surface area contributed by atoms with Crippen LogP contribution in [0.15, 0.2) is 12.3 Å². The monoisotopic (exact) mass is 261 g/mol. The van der Waals surface area contributed by atoms with Gasteiger partial charge in [0.2, 0.25) is 0 Å². The average molecular weight is 261 g/mol. The van der Waals surface area contributed by atoms with Crippen molar-refractivity contribution in [1.82, 2.24) is 14.2 Å². The van der Waals surface area contributed by atoms with Gasteiger partial charge >= 0.3 is 0 Å². The van der Waals surface area contributed by atoms with Crippen molar-refractivity contribution >= 4 is 17.3 Å². The maximum absolute atomic E-state index is 12.2. The van der Waals surface area contributed by atoms with Gasteiger partial charge in [0.25, 0.3) is 0 Å². The van der Waals surface area contributed by atoms with Crippen LogP contribution in [-0.4, -0.2) is 19.9 Å². The maximum Gasteiger partial charge on any atom is 0.165 e. The lowest BCUT2D eigenvalue weighted by Gasteiger charge is -2.29. The molecular formula is C13H15N3OS. The zero-order valence-corrected chi connectivity index (χ0v) is 11.5. The van der Waals surface area contributed by atoms with Crippen molar-refractivity contribution in [3.05, 3.63) is 29.2 Å². The molecule has 0 aliphatic heterocycles. The third-order valence-electron chi connectivity index (χ3n) is 3.44. The van der Waals surface area contributed by atoms with Crippen molar-refractivity contribution in [2.45, 2.75) is 33.6 Å². The first-order valence-corrected chi connectivity index (χ1v) is 6.77. The Bertz CT molecular complexity index is 610. The molecule has 18 heavy (non-hydrogen) atoms. The lowest BCUT2D eigenvalue weighted by atomic mass is 9.76. The summed E-state index contributed by atoms with van der Waals surface area (Å²) in [6.07, 6.45) is 3.30. The quantitative estimate of drug-likeness (QED) is 0.793. The van der Waals surface area contributed by atoms with E-state index in [0.717, 1.165) is 28.4 Å². The number of ketones is 1. The highest BCUT2D eigenvalue weighted by atomic mass is 32.1. The Labute approximate surface area is 110 Å². The van der Waals surface area contributed by atoms with Gasteiger partial charge in [-0.05, 0) is 24.8 Å². The van der Waals surface area contributed by atoms with E-state index in [1.54, 1.807) is 6.20 Å². The van der Waals surface area contributed by atoms with Crippen LogP contribution in [-0.2, 0) is 6.42 Å². The predicted molar refractivity (Wildman–Crippen MR) is 70.4 cm³/mol. The van der Waals surface area contributed by atoms with E-state index in [0.29, 0.717) is 6.42 Å². The van der Waals surface area contributed by atoms with Gasteiger partial charge < -0.3 is 4.57 Å². The Morgan fingerprint density at radius 3 is 2.83 bits per heavy atom. The summed E-state index contributed by atoms with van der Waals surface area (Å²) in [6, 6.07) is 1.99. The van der Waals surface area contributed by atoms with E-state index < -0.39 is 0 Å². The lowest BCUT2D eigenvalue weighted by molar-refractivity contribution is 0.0911. The van der Waals surface area contributed by atoms with Crippen molar-refractivity contribution in [2.24, 2.45) is 5.41 Å². The number of aromatic nitrogens is 3. The smallest absolute Gasteiger partial charge is 0.165 e. The molecule has 5 heteroatoms. The molecule has 0 fully saturated rings. The molecule has 0 amide bonds. The summed E-state index contributed by atoms with van der Waals surface area (Å²) in [6.45, 7) is 6.31. The zero-order valence-electron chi connectivity index (χ0n) is 10.7. The fourth-order valence-corrected chi connectivity index (χ4v) is 3.33. The molecule has 94 valence electrons. The van der Waals surface area contributed by atoms with Gasteiger partial charge in [-0.25, -0.2) is 0 Å². The minimum Gasteiger partial charge on any atom is -0.306 e. The number of fused-ring (bicyclic) bond motifs is 1. The van der Waals surface area contributed by atoms with Gasteiger partial charge in [-0.1, -0.05) is 18.3 Å². The first-order valence-electron chi connectivity index (χ1n) is 6.00. The number of rotatable bonds is 1. The zero-order chi connectivity index (χ0) is 12.9. The van der Waals surface area contributed by atoms with Crippen LogP contribution >= 0.6 is 11.5 Å². The molecular weight excluding hydrogens is 246 g/mol. The average Bonchev–Trinajstić information content (AvgIpc) is 2.83. The van der Waals surface area contributed by atoms with Gasteiger partial charge in [0.1, 0.15) is 5.00 Å². The molecule has 0 atom stereocenters. The molecule has 2 aromatic heterocycles. The fraction of sp³-hybridized carbons (Fsp3) is 0.462. The van der Waals surface area contributed by atoms with Gasteiger partial charge in [-0.3, -0.25) is 4.79 Å². The van der Waals surface area contributed by atoms with Crippen molar-refractivity contribution in [3.8, 4) is 5.00 Å². The standard InChI is InChI=1S/C13H15N3OS/c1-8-4-9-10(5-13(2,3)6-11(9)17)16(8)12-7-14-15-18-12/h4,7H,5-6H2,1-3H3. The van der Waals surface area contributed by atoms with E-state index in [2.05, 4.69) is 28.0 Å². The highest BCUT2D eigenvalue weighted by Gasteiger charge is 2.34. The Morgan fingerprint density at radius 2 is 2.17 bits per heavy atom. The van der Waals surface area contributed by atoms with Crippen LogP contribution in [0.4, 0.5) is 0 Å². The third kappa shape index (κ3) is 1.70. The second kappa shape index (κ2) is 3.75. The summed E-state index contributed by atoms with van der Waals surface area (Å²) >= 11 is 1.36. The molecule has 2 heterocycles. The predicted octanol–water partition coefficient (Wildman–Crippen LogP) is 2.79. The summed E-state index contributed by atoms with van der Waals surface area (Å²) in [4.78, 5) is 12.2. The first-order chi connectivity index (χ1) is 8.48. The second-order valence-corrected chi connectivity index (χ2v) is 6.44. The number of hydrogen-bond donors (Lipinski definition) is 0. The number of Topliss-reactive ketones (excluding diaryl/α,β-unsaturated/α-hetero) is 1. The Hall–Kier alpha value is -1.49. The molecule has 2 aromatic rings. The van der Waals surface area contributed by atoms with Gasteiger partial charge in [0.15, 0.2) is 5.78 Å². The van der Waals surface area contributed by atoms with Gasteiger partial charge in [0.05, 0.1) is 6.20 Å². The van der Waals surface area contributed by atoms with Crippen molar-refractivity contribution in [1.29, 1.82) is 0 Å². The Kier molecular flexibility index (Phi) is 2.41. The van der Waals surface area contributed by atoms with Gasteiger partial charge in [0, 0.05) is 34.9 Å². The third-order valence-corrected chi connectivity index (χ3v) is 4.09. The molecule has 3 rings (SSSR count). The molecule has 0 N–H and O–H groups in total. The molecule has 0 saturated heterocycles. The highest BCUT2D eigenvalue weighted by molar-refractivity contribution is 7.08. The van der Waals surface area contributed by atoms with Crippen LogP contribution in [0.5, 0.6) is 0 Å². The topological polar surface area (TPSA) is 47.8 Å². The summed E-state index contributed by atoms with van der Waals surface area (Å²) in [5, 5.41) is 4.87. The molecule has 0 aromatic carbocycles. The van der Waals surface area contributed by atoms with E-state index in [9.17, 15) is 4.79 Å². The van der Waals surface area contributed by atoms with Crippen LogP contribution in [0, 0.1) is 12.3 Å². The fourth-order valence-electron chi connectivity index (χ4n) is 2.72. The number of hydrogen-bond acceptors (Lipinski definition) is 4. The Morgan fingerprint density at radius 1 is 1.39 bits per heavy atom. The number of nitrogens with zero attached hydrogens (tertiary/aromatic N) is 3. The number of carbonyl (C=O) groups is 1. The molecule has 0 saturated carbocycles. The molecule has 0 bridgehead atoms. The Balaban J connectivity index is 2.21. The van der Waals surface area contributed by atoms with Crippen LogP contribution in [0.1, 0.15) is 42.0 Å². The number of carbonyl (C=O) groups excluding carboxylic acids is 1. The van der Waals surface area contributed by atoms with Gasteiger partial charge in [-0.2, -0.15) is 0 Å². The molecule has 1 aliphatic carbocycles. The van der Waals surface area contributed by atoms with Crippen molar-refractivity contribution in [2.75, 3.05) is 0 Å². The molecule has 4 nitrogen and oxygen atoms in total. The summed E-state index contributed by atoms with van der Waals surface area (Å²) in [5.41, 5.74) is 3.10. The van der Waals surface area contributed by atoms with Gasteiger partial charge in [-0.15, -0.1) is 5.10 Å². The van der Waals surface area contributed by atoms with Crippen LogP contribution in [0.25, 0.3) is 5.00 Å². The second-order valence-electron chi connectivity index (χ2n) is 5.68. The minimum absolute atomic E-state index is 0.0325. The van der Waals surface area contributed by atoms with E-state index in [4.69, 9.17) is 0 Å². The van der Waals surface area contributed by atoms with Crippen LogP contribution < -0.4 is 0 Å². The molecule has 0 radical (unpaired) electrons. The van der Waals surface area contributed by atoms with E-state index in [1.165, 1.54) is 11.5 Å². The number of aryl methyl sites for hydroxylation is 1. The minimum atomic E-state index is 0.0325. The first kappa shape index (κ1) is 11.6. The SMILES string of the molecule is Cc1cc2c(n1-c1cnns1)CC(C)(C)CC2=O. The lowest BCUT2D eigenvalue weighted by Crippen LogP contribution is -2.27. The maximum atomic E-state index is 12.2. The highest BCUT2D eigenvalue weighted by Crippen LogP contribution is 2.37. The summed E-state index contributed by atoms with van der Waals surface area (Å²) in [7, 11) is 0.